The Morgan fingerprint density at radius 2 is 1.97 bits per heavy atom. The van der Waals surface area contributed by atoms with Crippen LogP contribution in [0.3, 0.4) is 0 Å². The van der Waals surface area contributed by atoms with Crippen LogP contribution in [0.1, 0.15) is 18.9 Å². The second kappa shape index (κ2) is 11.1. The van der Waals surface area contributed by atoms with Crippen LogP contribution in [0.15, 0.2) is 48.7 Å². The molecule has 3 saturated heterocycles. The van der Waals surface area contributed by atoms with Crippen molar-refractivity contribution in [2.75, 3.05) is 74.0 Å². The molecule has 0 bridgehead atoms. The van der Waals surface area contributed by atoms with E-state index in [1.165, 1.54) is 0 Å². The highest BCUT2D eigenvalue weighted by Gasteiger charge is 2.29. The lowest BCUT2D eigenvalue weighted by molar-refractivity contribution is -0.0327. The van der Waals surface area contributed by atoms with Gasteiger partial charge in [-0.1, -0.05) is 6.07 Å². The van der Waals surface area contributed by atoms with Crippen molar-refractivity contribution in [1.82, 2.24) is 20.2 Å². The summed E-state index contributed by atoms with van der Waals surface area (Å²) in [7, 11) is 0. The zero-order valence-electron chi connectivity index (χ0n) is 22.0. The first-order chi connectivity index (χ1) is 18.7. The van der Waals surface area contributed by atoms with E-state index >= 15 is 0 Å². The van der Waals surface area contributed by atoms with Crippen LogP contribution >= 0.6 is 0 Å². The van der Waals surface area contributed by atoms with Gasteiger partial charge < -0.3 is 25.2 Å². The Labute approximate surface area is 224 Å². The number of morpholine rings is 1. The molecule has 0 aliphatic carbocycles. The summed E-state index contributed by atoms with van der Waals surface area (Å²) in [4.78, 5) is 16.7. The normalized spacial score (nSPS) is 24.5. The number of pyridine rings is 2. The van der Waals surface area contributed by atoms with Crippen LogP contribution < -0.4 is 20.4 Å². The number of ether oxygens (including phenoxy) is 1. The molecule has 0 amide bonds. The minimum absolute atomic E-state index is 0.123. The second-order valence-corrected chi connectivity index (χ2v) is 10.6. The van der Waals surface area contributed by atoms with E-state index in [0.29, 0.717) is 11.6 Å². The molecule has 3 unspecified atom stereocenters. The second-order valence-electron chi connectivity index (χ2n) is 10.6. The number of nitrogens with one attached hydrogen (secondary N) is 2. The van der Waals surface area contributed by atoms with Crippen LogP contribution in [0.2, 0.25) is 0 Å². The molecule has 6 rings (SSSR count). The first-order valence-corrected chi connectivity index (χ1v) is 13.8. The number of anilines is 3. The van der Waals surface area contributed by atoms with Crippen molar-refractivity contribution >= 4 is 28.2 Å². The molecule has 0 spiro atoms. The highest BCUT2D eigenvalue weighted by Crippen LogP contribution is 2.30. The molecule has 2 N–H and O–H groups in total. The summed E-state index contributed by atoms with van der Waals surface area (Å²) in [5.41, 5.74) is 2.52. The van der Waals surface area contributed by atoms with E-state index in [2.05, 4.69) is 73.6 Å². The molecular formula is C29H36N8O. The van der Waals surface area contributed by atoms with Gasteiger partial charge in [0, 0.05) is 75.7 Å². The predicted octanol–water partition coefficient (Wildman–Crippen LogP) is 2.69. The van der Waals surface area contributed by atoms with E-state index < -0.39 is 0 Å². The third-order valence-corrected chi connectivity index (χ3v) is 7.84. The van der Waals surface area contributed by atoms with Gasteiger partial charge in [-0.25, -0.2) is 4.98 Å². The average Bonchev–Trinajstić information content (AvgIpc) is 3.46. The Hall–Kier alpha value is -3.45. The Bertz CT molecular complexity index is 1300. The van der Waals surface area contributed by atoms with Crippen molar-refractivity contribution in [3.05, 3.63) is 54.2 Å². The topological polar surface area (TPSA) is 92.6 Å². The number of rotatable bonds is 6. The molecule has 3 atom stereocenters. The Morgan fingerprint density at radius 1 is 1.08 bits per heavy atom. The van der Waals surface area contributed by atoms with Crippen LogP contribution in [0.4, 0.5) is 17.3 Å². The first kappa shape index (κ1) is 24.9. The van der Waals surface area contributed by atoms with Gasteiger partial charge in [0.15, 0.2) is 0 Å². The maximum absolute atomic E-state index is 9.52. The summed E-state index contributed by atoms with van der Waals surface area (Å²) >= 11 is 0. The maximum Gasteiger partial charge on any atom is 0.131 e. The average molecular weight is 513 g/mol. The highest BCUT2D eigenvalue weighted by atomic mass is 16.5. The van der Waals surface area contributed by atoms with Gasteiger partial charge in [0.25, 0.3) is 0 Å². The van der Waals surface area contributed by atoms with Crippen LogP contribution in [-0.2, 0) is 4.74 Å². The van der Waals surface area contributed by atoms with Crippen molar-refractivity contribution < 1.29 is 4.74 Å². The van der Waals surface area contributed by atoms with Crippen LogP contribution in [0.25, 0.3) is 10.9 Å². The lowest BCUT2D eigenvalue weighted by Crippen LogP contribution is -2.54. The van der Waals surface area contributed by atoms with Crippen LogP contribution in [-0.4, -0.2) is 92.0 Å². The summed E-state index contributed by atoms with van der Waals surface area (Å²) < 4.78 is 6.40. The number of benzene rings is 1. The lowest BCUT2D eigenvalue weighted by atomic mass is 10.1. The number of hydrogen-bond donors (Lipinski definition) is 2. The summed E-state index contributed by atoms with van der Waals surface area (Å²) in [5, 5.41) is 17.5. The minimum Gasteiger partial charge on any atom is -0.370 e. The molecule has 9 heteroatoms. The van der Waals surface area contributed by atoms with E-state index in [4.69, 9.17) is 9.72 Å². The standard InChI is InChI=1S/C29H36N8O/c1-21-18-37(26-8-7-22(16-30)29-25(26)4-3-10-32-29)20-24(38-21)19-35-12-14-36(15-13-35)28-6-2-5-27(34-28)33-23-9-11-31-17-23/h2-8,10,21,23-24,31H,9,11-15,17-20H2,1H3,(H,33,34). The SMILES string of the molecule is CC1CN(c2ccc(C#N)c3ncccc23)CC(CN2CCN(c3cccc(NC4CCNC4)n3)CC2)O1. The van der Waals surface area contributed by atoms with Gasteiger partial charge in [0.1, 0.15) is 17.7 Å². The maximum atomic E-state index is 9.52. The Kier molecular flexibility index (Phi) is 7.27. The number of hydrogen-bond acceptors (Lipinski definition) is 9. The molecular weight excluding hydrogens is 476 g/mol. The third kappa shape index (κ3) is 5.39. The summed E-state index contributed by atoms with van der Waals surface area (Å²) in [5.74, 6) is 2.02. The van der Waals surface area contributed by atoms with Crippen LogP contribution in [0.5, 0.6) is 0 Å². The molecule has 3 aliphatic rings. The largest absolute Gasteiger partial charge is 0.370 e. The molecule has 9 nitrogen and oxygen atoms in total. The molecule has 3 fully saturated rings. The molecule has 5 heterocycles. The third-order valence-electron chi connectivity index (χ3n) is 7.84. The number of aromatic nitrogens is 2. The molecule has 0 radical (unpaired) electrons. The van der Waals surface area contributed by atoms with Gasteiger partial charge in [0.2, 0.25) is 0 Å². The van der Waals surface area contributed by atoms with E-state index in [0.717, 1.165) is 93.5 Å². The molecule has 0 saturated carbocycles. The van der Waals surface area contributed by atoms with Gasteiger partial charge in [-0.05, 0) is 56.3 Å². The fraction of sp³-hybridized carbons (Fsp3) is 0.483. The van der Waals surface area contributed by atoms with Gasteiger partial charge in [-0.2, -0.15) is 5.26 Å². The van der Waals surface area contributed by atoms with Crippen molar-refractivity contribution in [2.45, 2.75) is 31.6 Å². The molecule has 3 aromatic rings. The summed E-state index contributed by atoms with van der Waals surface area (Å²) in [6, 6.07) is 17.0. The van der Waals surface area contributed by atoms with Gasteiger partial charge >= 0.3 is 0 Å². The van der Waals surface area contributed by atoms with Gasteiger partial charge in [-0.15, -0.1) is 0 Å². The minimum atomic E-state index is 0.123. The summed E-state index contributed by atoms with van der Waals surface area (Å²) in [6.45, 7) is 10.7. The molecule has 38 heavy (non-hydrogen) atoms. The molecule has 198 valence electrons. The van der Waals surface area contributed by atoms with E-state index in [1.54, 1.807) is 6.20 Å². The van der Waals surface area contributed by atoms with Gasteiger partial charge in [-0.3, -0.25) is 9.88 Å². The monoisotopic (exact) mass is 512 g/mol. The first-order valence-electron chi connectivity index (χ1n) is 13.8. The van der Waals surface area contributed by atoms with E-state index in [9.17, 15) is 5.26 Å². The van der Waals surface area contributed by atoms with Gasteiger partial charge in [0.05, 0.1) is 23.3 Å². The van der Waals surface area contributed by atoms with E-state index in [1.807, 2.05) is 12.1 Å². The van der Waals surface area contributed by atoms with Crippen molar-refractivity contribution in [3.63, 3.8) is 0 Å². The van der Waals surface area contributed by atoms with Crippen LogP contribution in [0, 0.1) is 11.3 Å². The number of piperazine rings is 1. The zero-order chi connectivity index (χ0) is 25.9. The van der Waals surface area contributed by atoms with E-state index in [-0.39, 0.29) is 12.2 Å². The smallest absolute Gasteiger partial charge is 0.131 e. The molecule has 2 aromatic heterocycles. The lowest BCUT2D eigenvalue weighted by Gasteiger charge is -2.42. The Morgan fingerprint density at radius 3 is 2.79 bits per heavy atom. The Balaban J connectivity index is 1.07. The predicted molar refractivity (Wildman–Crippen MR) is 151 cm³/mol. The quantitative estimate of drug-likeness (QED) is 0.517. The molecule has 1 aromatic carbocycles. The zero-order valence-corrected chi connectivity index (χ0v) is 22.0. The van der Waals surface area contributed by atoms with Crippen molar-refractivity contribution in [3.8, 4) is 6.07 Å². The van der Waals surface area contributed by atoms with Crippen molar-refractivity contribution in [2.24, 2.45) is 0 Å². The number of fused-ring (bicyclic) bond motifs is 1. The number of nitrogens with zero attached hydrogens (tertiary/aromatic N) is 6. The molecule has 3 aliphatic heterocycles. The number of nitriles is 1. The van der Waals surface area contributed by atoms with Crippen molar-refractivity contribution in [1.29, 1.82) is 5.26 Å². The summed E-state index contributed by atoms with van der Waals surface area (Å²) in [6.07, 6.45) is 3.15. The fourth-order valence-electron chi connectivity index (χ4n) is 5.98. The fourth-order valence-corrected chi connectivity index (χ4v) is 5.98. The highest BCUT2D eigenvalue weighted by molar-refractivity contribution is 5.95.